The van der Waals surface area contributed by atoms with Crippen molar-refractivity contribution in [1.29, 1.82) is 0 Å². The van der Waals surface area contributed by atoms with E-state index in [0.717, 1.165) is 13.1 Å². The highest BCUT2D eigenvalue weighted by atomic mass is 16.2. The summed E-state index contributed by atoms with van der Waals surface area (Å²) in [6.07, 6.45) is 4.44. The fourth-order valence-corrected chi connectivity index (χ4v) is 2.95. The second-order valence-electron chi connectivity index (χ2n) is 5.70. The molecular weight excluding hydrogens is 266 g/mol. The maximum absolute atomic E-state index is 12.1. The second-order valence-corrected chi connectivity index (χ2v) is 5.70. The molecule has 1 aromatic carbocycles. The van der Waals surface area contributed by atoms with Crippen molar-refractivity contribution in [2.45, 2.75) is 31.7 Å². The van der Waals surface area contributed by atoms with Crippen LogP contribution in [0, 0.1) is 0 Å². The van der Waals surface area contributed by atoms with Crippen LogP contribution < -0.4 is 15.5 Å². The fourth-order valence-electron chi connectivity index (χ4n) is 2.95. The third-order valence-corrected chi connectivity index (χ3v) is 4.20. The van der Waals surface area contributed by atoms with Gasteiger partial charge in [-0.2, -0.15) is 0 Å². The first-order valence-electron chi connectivity index (χ1n) is 7.67. The Kier molecular flexibility index (Phi) is 4.08. The largest absolute Gasteiger partial charge is 0.372 e. The molecule has 2 saturated heterocycles. The Balaban J connectivity index is 1.63. The minimum atomic E-state index is -0.390. The summed E-state index contributed by atoms with van der Waals surface area (Å²) < 4.78 is 0. The predicted molar refractivity (Wildman–Crippen MR) is 81.4 cm³/mol. The Morgan fingerprint density at radius 1 is 1.14 bits per heavy atom. The Bertz CT molecular complexity index is 521. The number of carbonyl (C=O) groups excluding carboxylic acids is 2. The topological polar surface area (TPSA) is 61.4 Å². The van der Waals surface area contributed by atoms with Gasteiger partial charge in [0, 0.05) is 30.9 Å². The van der Waals surface area contributed by atoms with Gasteiger partial charge in [-0.25, -0.2) is 0 Å². The van der Waals surface area contributed by atoms with Crippen LogP contribution >= 0.6 is 0 Å². The Morgan fingerprint density at radius 3 is 2.48 bits per heavy atom. The van der Waals surface area contributed by atoms with E-state index >= 15 is 0 Å². The SMILES string of the molecule is O=C(N[C@H]1CCNC1=O)c1ccc(N2CCCCC2)cc1. The monoisotopic (exact) mass is 287 g/mol. The van der Waals surface area contributed by atoms with E-state index in [2.05, 4.69) is 15.5 Å². The van der Waals surface area contributed by atoms with Gasteiger partial charge in [-0.3, -0.25) is 9.59 Å². The van der Waals surface area contributed by atoms with Crippen LogP contribution in [-0.2, 0) is 4.79 Å². The lowest BCUT2D eigenvalue weighted by Crippen LogP contribution is -2.40. The van der Waals surface area contributed by atoms with Crippen LogP contribution in [0.1, 0.15) is 36.0 Å². The summed E-state index contributed by atoms with van der Waals surface area (Å²) in [5.74, 6) is -0.268. The first-order valence-corrected chi connectivity index (χ1v) is 7.67. The third kappa shape index (κ3) is 3.17. The lowest BCUT2D eigenvalue weighted by Gasteiger charge is -2.28. The molecule has 0 radical (unpaired) electrons. The minimum absolute atomic E-state index is 0.0895. The lowest BCUT2D eigenvalue weighted by atomic mass is 10.1. The first-order chi connectivity index (χ1) is 10.2. The molecule has 0 aliphatic carbocycles. The standard InChI is InChI=1S/C16H21N3O2/c20-15(18-14-8-9-17-16(14)21)12-4-6-13(7-5-12)19-10-2-1-3-11-19/h4-7,14H,1-3,8-11H2,(H,17,21)(H,18,20)/t14-/m0/s1. The van der Waals surface area contributed by atoms with Crippen molar-refractivity contribution in [2.75, 3.05) is 24.5 Å². The zero-order chi connectivity index (χ0) is 14.7. The molecule has 1 aromatic rings. The Morgan fingerprint density at radius 2 is 1.86 bits per heavy atom. The van der Waals surface area contributed by atoms with Gasteiger partial charge in [-0.1, -0.05) is 0 Å². The van der Waals surface area contributed by atoms with E-state index in [4.69, 9.17) is 0 Å². The minimum Gasteiger partial charge on any atom is -0.372 e. The molecular formula is C16H21N3O2. The molecule has 0 saturated carbocycles. The van der Waals surface area contributed by atoms with Gasteiger partial charge >= 0.3 is 0 Å². The first kappa shape index (κ1) is 13.9. The molecule has 2 amide bonds. The van der Waals surface area contributed by atoms with Crippen molar-refractivity contribution < 1.29 is 9.59 Å². The molecule has 0 aromatic heterocycles. The highest BCUT2D eigenvalue weighted by molar-refractivity contribution is 5.98. The Hall–Kier alpha value is -2.04. The van der Waals surface area contributed by atoms with Crippen molar-refractivity contribution in [1.82, 2.24) is 10.6 Å². The number of carbonyl (C=O) groups is 2. The number of hydrogen-bond donors (Lipinski definition) is 2. The average Bonchev–Trinajstić information content (AvgIpc) is 2.93. The van der Waals surface area contributed by atoms with Gasteiger partial charge in [-0.15, -0.1) is 0 Å². The number of rotatable bonds is 3. The maximum atomic E-state index is 12.1. The van der Waals surface area contributed by atoms with E-state index in [1.54, 1.807) is 0 Å². The summed E-state index contributed by atoms with van der Waals surface area (Å²) in [6.45, 7) is 2.82. The van der Waals surface area contributed by atoms with Crippen LogP contribution in [0.15, 0.2) is 24.3 Å². The normalized spacial score (nSPS) is 22.0. The number of nitrogens with zero attached hydrogens (tertiary/aromatic N) is 1. The van der Waals surface area contributed by atoms with E-state index in [0.29, 0.717) is 18.5 Å². The number of amides is 2. The van der Waals surface area contributed by atoms with Crippen molar-refractivity contribution in [2.24, 2.45) is 0 Å². The van der Waals surface area contributed by atoms with E-state index < -0.39 is 0 Å². The molecule has 21 heavy (non-hydrogen) atoms. The second kappa shape index (κ2) is 6.16. The quantitative estimate of drug-likeness (QED) is 0.881. The highest BCUT2D eigenvalue weighted by Gasteiger charge is 2.25. The van der Waals surface area contributed by atoms with Crippen LogP contribution in [0.5, 0.6) is 0 Å². The van der Waals surface area contributed by atoms with Gasteiger partial charge in [0.1, 0.15) is 6.04 Å². The predicted octanol–water partition coefficient (Wildman–Crippen LogP) is 1.30. The third-order valence-electron chi connectivity index (χ3n) is 4.20. The molecule has 0 spiro atoms. The lowest BCUT2D eigenvalue weighted by molar-refractivity contribution is -0.120. The molecule has 0 bridgehead atoms. The van der Waals surface area contributed by atoms with Crippen LogP contribution in [0.4, 0.5) is 5.69 Å². The summed E-state index contributed by atoms with van der Waals surface area (Å²) >= 11 is 0. The van der Waals surface area contributed by atoms with E-state index in [1.807, 2.05) is 24.3 Å². The molecule has 2 heterocycles. The van der Waals surface area contributed by atoms with Crippen molar-refractivity contribution in [3.8, 4) is 0 Å². The van der Waals surface area contributed by atoms with Gasteiger partial charge in [-0.05, 0) is 49.9 Å². The zero-order valence-corrected chi connectivity index (χ0v) is 12.1. The van der Waals surface area contributed by atoms with Crippen LogP contribution in [0.25, 0.3) is 0 Å². The smallest absolute Gasteiger partial charge is 0.251 e. The molecule has 2 N–H and O–H groups in total. The van der Waals surface area contributed by atoms with Crippen LogP contribution in [-0.4, -0.2) is 37.5 Å². The molecule has 3 rings (SSSR count). The number of piperidine rings is 1. The zero-order valence-electron chi connectivity index (χ0n) is 12.1. The summed E-state index contributed by atoms with van der Waals surface area (Å²) in [7, 11) is 0. The van der Waals surface area contributed by atoms with E-state index in [9.17, 15) is 9.59 Å². The van der Waals surface area contributed by atoms with Crippen LogP contribution in [0.3, 0.4) is 0 Å². The summed E-state index contributed by atoms with van der Waals surface area (Å²) in [6, 6.07) is 7.28. The van der Waals surface area contributed by atoms with Crippen LogP contribution in [0.2, 0.25) is 0 Å². The van der Waals surface area contributed by atoms with Gasteiger partial charge in [0.2, 0.25) is 5.91 Å². The molecule has 5 nitrogen and oxygen atoms in total. The molecule has 2 aliphatic heterocycles. The van der Waals surface area contributed by atoms with Crippen molar-refractivity contribution >= 4 is 17.5 Å². The number of nitrogens with one attached hydrogen (secondary N) is 2. The van der Waals surface area contributed by atoms with E-state index in [-0.39, 0.29) is 17.9 Å². The Labute approximate surface area is 124 Å². The summed E-state index contributed by atoms with van der Waals surface area (Å²) in [4.78, 5) is 26.0. The van der Waals surface area contributed by atoms with Gasteiger partial charge in [0.05, 0.1) is 0 Å². The highest BCUT2D eigenvalue weighted by Crippen LogP contribution is 2.20. The molecule has 112 valence electrons. The van der Waals surface area contributed by atoms with Gasteiger partial charge < -0.3 is 15.5 Å². The molecule has 2 fully saturated rings. The summed E-state index contributed by atoms with van der Waals surface area (Å²) in [5, 5.41) is 5.50. The number of benzene rings is 1. The van der Waals surface area contributed by atoms with Gasteiger partial charge in [0.25, 0.3) is 5.91 Å². The van der Waals surface area contributed by atoms with E-state index in [1.165, 1.54) is 24.9 Å². The maximum Gasteiger partial charge on any atom is 0.251 e. The fraction of sp³-hybridized carbons (Fsp3) is 0.500. The molecule has 5 heteroatoms. The molecule has 2 aliphatic rings. The molecule has 1 atom stereocenters. The number of anilines is 1. The molecule has 0 unspecified atom stereocenters. The average molecular weight is 287 g/mol. The van der Waals surface area contributed by atoms with Crippen molar-refractivity contribution in [3.05, 3.63) is 29.8 Å². The summed E-state index contributed by atoms with van der Waals surface area (Å²) in [5.41, 5.74) is 1.78. The number of hydrogen-bond acceptors (Lipinski definition) is 3. The van der Waals surface area contributed by atoms with Crippen molar-refractivity contribution in [3.63, 3.8) is 0 Å². The van der Waals surface area contributed by atoms with Gasteiger partial charge in [0.15, 0.2) is 0 Å².